The van der Waals surface area contributed by atoms with Gasteiger partial charge in [-0.05, 0) is 24.1 Å². The Balaban J connectivity index is 2.10. The summed E-state index contributed by atoms with van der Waals surface area (Å²) in [6.45, 7) is 0.190. The predicted octanol–water partition coefficient (Wildman–Crippen LogP) is 1.33. The van der Waals surface area contributed by atoms with Crippen LogP contribution in [0.25, 0.3) is 0 Å². The van der Waals surface area contributed by atoms with Crippen LogP contribution in [0.2, 0.25) is 0 Å². The average molecular weight is 252 g/mol. The molecule has 1 aliphatic rings. The molecule has 0 saturated carbocycles. The molecule has 1 heterocycles. The third-order valence-electron chi connectivity index (χ3n) is 3.03. The van der Waals surface area contributed by atoms with Gasteiger partial charge in [-0.25, -0.2) is 4.39 Å². The first-order chi connectivity index (χ1) is 8.61. The van der Waals surface area contributed by atoms with Gasteiger partial charge < -0.3 is 9.47 Å². The van der Waals surface area contributed by atoms with Gasteiger partial charge in [0.05, 0.1) is 13.7 Å². The lowest BCUT2D eigenvalue weighted by Gasteiger charge is -2.12. The fourth-order valence-electron chi connectivity index (χ4n) is 2.08. The number of hydrogen-bond acceptors (Lipinski definition) is 4. The maximum absolute atomic E-state index is 12.8. The second-order valence-electron chi connectivity index (χ2n) is 4.22. The number of rotatable bonds is 3. The summed E-state index contributed by atoms with van der Waals surface area (Å²) >= 11 is 0. The Bertz CT molecular complexity index is 455. The van der Waals surface area contributed by atoms with Crippen LogP contribution in [0.1, 0.15) is 5.56 Å². The van der Waals surface area contributed by atoms with E-state index in [1.165, 1.54) is 19.2 Å². The van der Waals surface area contributed by atoms with Crippen LogP contribution in [0, 0.1) is 17.7 Å². The molecule has 1 aliphatic heterocycles. The topological polar surface area (TPSA) is 52.6 Å². The third kappa shape index (κ3) is 2.50. The third-order valence-corrected chi connectivity index (χ3v) is 3.03. The van der Waals surface area contributed by atoms with Crippen molar-refractivity contribution >= 4 is 11.9 Å². The van der Waals surface area contributed by atoms with Crippen LogP contribution in [-0.4, -0.2) is 25.7 Å². The highest BCUT2D eigenvalue weighted by Gasteiger charge is 2.43. The lowest BCUT2D eigenvalue weighted by atomic mass is 9.89. The summed E-state index contributed by atoms with van der Waals surface area (Å²) in [5.41, 5.74) is 0.855. The highest BCUT2D eigenvalue weighted by atomic mass is 19.1. The quantitative estimate of drug-likeness (QED) is 0.601. The summed E-state index contributed by atoms with van der Waals surface area (Å²) in [7, 11) is 1.24. The van der Waals surface area contributed by atoms with Crippen molar-refractivity contribution in [3.63, 3.8) is 0 Å². The molecule has 2 atom stereocenters. The van der Waals surface area contributed by atoms with Crippen molar-refractivity contribution in [1.29, 1.82) is 0 Å². The second-order valence-corrected chi connectivity index (χ2v) is 4.22. The van der Waals surface area contributed by atoms with Crippen LogP contribution in [-0.2, 0) is 25.5 Å². The zero-order valence-electron chi connectivity index (χ0n) is 9.89. The van der Waals surface area contributed by atoms with E-state index < -0.39 is 17.9 Å². The van der Waals surface area contributed by atoms with Gasteiger partial charge in [0.15, 0.2) is 5.92 Å². The smallest absolute Gasteiger partial charge is 0.320 e. The maximum Gasteiger partial charge on any atom is 0.320 e. The van der Waals surface area contributed by atoms with Gasteiger partial charge in [0, 0.05) is 5.92 Å². The average Bonchev–Trinajstić information content (AvgIpc) is 2.72. The predicted molar refractivity (Wildman–Crippen MR) is 60.1 cm³/mol. The zero-order valence-corrected chi connectivity index (χ0v) is 9.89. The number of hydrogen-bond donors (Lipinski definition) is 0. The minimum Gasteiger partial charge on any atom is -0.468 e. The molecule has 5 heteroatoms. The standard InChI is InChI=1S/C13H13FO4/c1-17-12(15)11-9(7-18-13(11)16)6-8-2-4-10(14)5-3-8/h2-5,9,11H,6-7H2,1H3/t9-,11-/m0/s1. The van der Waals surface area contributed by atoms with Crippen molar-refractivity contribution in [1.82, 2.24) is 0 Å². The van der Waals surface area contributed by atoms with E-state index in [1.807, 2.05) is 0 Å². The number of benzene rings is 1. The lowest BCUT2D eigenvalue weighted by Crippen LogP contribution is -2.28. The van der Waals surface area contributed by atoms with Crippen LogP contribution in [0.5, 0.6) is 0 Å². The van der Waals surface area contributed by atoms with Crippen molar-refractivity contribution in [2.45, 2.75) is 6.42 Å². The summed E-state index contributed by atoms with van der Waals surface area (Å²) in [6.07, 6.45) is 0.478. The Morgan fingerprint density at radius 3 is 2.72 bits per heavy atom. The highest BCUT2D eigenvalue weighted by Crippen LogP contribution is 2.27. The molecule has 1 saturated heterocycles. The van der Waals surface area contributed by atoms with Gasteiger partial charge in [-0.1, -0.05) is 12.1 Å². The lowest BCUT2D eigenvalue weighted by molar-refractivity contribution is -0.154. The largest absolute Gasteiger partial charge is 0.468 e. The van der Waals surface area contributed by atoms with Gasteiger partial charge in [-0.3, -0.25) is 9.59 Å². The number of carbonyl (C=O) groups excluding carboxylic acids is 2. The van der Waals surface area contributed by atoms with Gasteiger partial charge >= 0.3 is 11.9 Å². The van der Waals surface area contributed by atoms with Crippen LogP contribution >= 0.6 is 0 Å². The minimum atomic E-state index is -0.875. The molecule has 0 bridgehead atoms. The maximum atomic E-state index is 12.8. The van der Waals surface area contributed by atoms with Crippen molar-refractivity contribution < 1.29 is 23.5 Å². The summed E-state index contributed by atoms with van der Waals surface area (Å²) in [4.78, 5) is 22.9. The fourth-order valence-corrected chi connectivity index (χ4v) is 2.08. The summed E-state index contributed by atoms with van der Waals surface area (Å²) in [5.74, 6) is -2.57. The Kier molecular flexibility index (Phi) is 3.60. The van der Waals surface area contributed by atoms with Crippen molar-refractivity contribution in [2.75, 3.05) is 13.7 Å². The Morgan fingerprint density at radius 2 is 2.11 bits per heavy atom. The van der Waals surface area contributed by atoms with Gasteiger partial charge in [-0.2, -0.15) is 0 Å². The van der Waals surface area contributed by atoms with E-state index >= 15 is 0 Å². The molecule has 0 aliphatic carbocycles. The number of carbonyl (C=O) groups is 2. The number of cyclic esters (lactones) is 1. The van der Waals surface area contributed by atoms with Crippen LogP contribution in [0.3, 0.4) is 0 Å². The molecule has 2 rings (SSSR count). The summed E-state index contributed by atoms with van der Waals surface area (Å²) in [6, 6.07) is 5.96. The van der Waals surface area contributed by atoms with Crippen LogP contribution in [0.15, 0.2) is 24.3 Å². The Morgan fingerprint density at radius 1 is 1.44 bits per heavy atom. The molecular formula is C13H13FO4. The molecule has 4 nitrogen and oxygen atoms in total. The molecular weight excluding hydrogens is 239 g/mol. The van der Waals surface area contributed by atoms with Crippen molar-refractivity contribution in [2.24, 2.45) is 11.8 Å². The molecule has 0 spiro atoms. The zero-order chi connectivity index (χ0) is 13.1. The van der Waals surface area contributed by atoms with Crippen LogP contribution in [0.4, 0.5) is 4.39 Å². The van der Waals surface area contributed by atoms with E-state index in [2.05, 4.69) is 4.74 Å². The second kappa shape index (κ2) is 5.16. The first kappa shape index (κ1) is 12.5. The van der Waals surface area contributed by atoms with E-state index in [1.54, 1.807) is 12.1 Å². The molecule has 18 heavy (non-hydrogen) atoms. The number of methoxy groups -OCH3 is 1. The SMILES string of the molecule is COC(=O)[C@H]1C(=O)OC[C@@H]1Cc1ccc(F)cc1. The summed E-state index contributed by atoms with van der Waals surface area (Å²) in [5, 5.41) is 0. The number of halogens is 1. The van der Waals surface area contributed by atoms with E-state index in [0.29, 0.717) is 6.42 Å². The normalized spacial score (nSPS) is 22.7. The molecule has 1 aromatic carbocycles. The van der Waals surface area contributed by atoms with Gasteiger partial charge in [-0.15, -0.1) is 0 Å². The first-order valence-corrected chi connectivity index (χ1v) is 5.60. The van der Waals surface area contributed by atoms with Gasteiger partial charge in [0.25, 0.3) is 0 Å². The number of esters is 2. The molecule has 0 radical (unpaired) electrons. The number of ether oxygens (including phenoxy) is 2. The van der Waals surface area contributed by atoms with E-state index in [4.69, 9.17) is 4.74 Å². The fraction of sp³-hybridized carbons (Fsp3) is 0.385. The van der Waals surface area contributed by atoms with Gasteiger partial charge in [0.2, 0.25) is 0 Å². The van der Waals surface area contributed by atoms with E-state index in [9.17, 15) is 14.0 Å². The van der Waals surface area contributed by atoms with Crippen LogP contribution < -0.4 is 0 Å². The molecule has 0 aromatic heterocycles. The monoisotopic (exact) mass is 252 g/mol. The van der Waals surface area contributed by atoms with Gasteiger partial charge in [0.1, 0.15) is 5.82 Å². The molecule has 96 valence electrons. The molecule has 1 fully saturated rings. The molecule has 0 N–H and O–H groups in total. The summed E-state index contributed by atoms with van der Waals surface area (Å²) < 4.78 is 22.2. The van der Waals surface area contributed by atoms with Crippen molar-refractivity contribution in [3.8, 4) is 0 Å². The van der Waals surface area contributed by atoms with E-state index in [-0.39, 0.29) is 18.3 Å². The molecule has 1 aromatic rings. The minimum absolute atomic E-state index is 0.190. The molecule has 0 amide bonds. The van der Waals surface area contributed by atoms with Crippen molar-refractivity contribution in [3.05, 3.63) is 35.6 Å². The Labute approximate surface area is 104 Å². The first-order valence-electron chi connectivity index (χ1n) is 5.60. The van der Waals surface area contributed by atoms with E-state index in [0.717, 1.165) is 5.56 Å². The Hall–Kier alpha value is -1.91. The molecule has 0 unspecified atom stereocenters. The highest BCUT2D eigenvalue weighted by molar-refractivity contribution is 5.96.